The summed E-state index contributed by atoms with van der Waals surface area (Å²) < 4.78 is 16.1. The van der Waals surface area contributed by atoms with Gasteiger partial charge in [0.1, 0.15) is 5.75 Å². The van der Waals surface area contributed by atoms with Crippen molar-refractivity contribution in [2.75, 3.05) is 13.4 Å². The zero-order chi connectivity index (χ0) is 19.1. The largest absolute Gasteiger partial charge is 0.484 e. The Kier molecular flexibility index (Phi) is 6.30. The van der Waals surface area contributed by atoms with Gasteiger partial charge in [-0.25, -0.2) is 5.43 Å². The van der Waals surface area contributed by atoms with Gasteiger partial charge in [-0.3, -0.25) is 4.79 Å². The standard InChI is InChI=1S/C21H24N2O4/c1-3-4-15(2)17-6-8-18(9-7-17)25-13-21(24)23-22-12-16-5-10-19-20(11-16)27-14-26-19/h5-12,15H,3-4,13-14H2,1-2H3,(H,23,24)/b22-12-/t15-/m0/s1. The van der Waals surface area contributed by atoms with E-state index in [0.717, 1.165) is 18.4 Å². The van der Waals surface area contributed by atoms with Crippen LogP contribution in [0.15, 0.2) is 47.6 Å². The average molecular weight is 368 g/mol. The van der Waals surface area contributed by atoms with Gasteiger partial charge in [-0.2, -0.15) is 5.10 Å². The van der Waals surface area contributed by atoms with E-state index < -0.39 is 0 Å². The van der Waals surface area contributed by atoms with Gasteiger partial charge in [0.2, 0.25) is 6.79 Å². The Morgan fingerprint density at radius 2 is 2.00 bits per heavy atom. The lowest BCUT2D eigenvalue weighted by atomic mass is 9.97. The van der Waals surface area contributed by atoms with Gasteiger partial charge in [0.05, 0.1) is 6.21 Å². The molecule has 27 heavy (non-hydrogen) atoms. The summed E-state index contributed by atoms with van der Waals surface area (Å²) in [5.41, 5.74) is 4.53. The highest BCUT2D eigenvalue weighted by atomic mass is 16.7. The highest BCUT2D eigenvalue weighted by Crippen LogP contribution is 2.31. The van der Waals surface area contributed by atoms with Crippen molar-refractivity contribution in [3.8, 4) is 17.2 Å². The van der Waals surface area contributed by atoms with Gasteiger partial charge in [-0.05, 0) is 53.8 Å². The zero-order valence-electron chi connectivity index (χ0n) is 15.6. The molecule has 0 unspecified atom stereocenters. The van der Waals surface area contributed by atoms with E-state index in [9.17, 15) is 4.79 Å². The summed E-state index contributed by atoms with van der Waals surface area (Å²) in [5.74, 6) is 2.25. The first-order valence-electron chi connectivity index (χ1n) is 9.10. The number of fused-ring (bicyclic) bond motifs is 1. The van der Waals surface area contributed by atoms with Crippen LogP contribution >= 0.6 is 0 Å². The molecule has 1 aliphatic rings. The summed E-state index contributed by atoms with van der Waals surface area (Å²) in [7, 11) is 0. The first-order chi connectivity index (χ1) is 13.2. The Bertz CT molecular complexity index is 802. The molecule has 0 bridgehead atoms. The predicted molar refractivity (Wildman–Crippen MR) is 104 cm³/mol. The number of hydrogen-bond acceptors (Lipinski definition) is 5. The summed E-state index contributed by atoms with van der Waals surface area (Å²) in [5, 5.41) is 3.94. The second-order valence-corrected chi connectivity index (χ2v) is 6.45. The van der Waals surface area contributed by atoms with Crippen LogP contribution in [0.5, 0.6) is 17.2 Å². The highest BCUT2D eigenvalue weighted by Gasteiger charge is 2.12. The number of nitrogens with zero attached hydrogens (tertiary/aromatic N) is 1. The molecule has 6 nitrogen and oxygen atoms in total. The summed E-state index contributed by atoms with van der Waals surface area (Å²) in [4.78, 5) is 11.9. The number of hydrazone groups is 1. The van der Waals surface area contributed by atoms with E-state index in [-0.39, 0.29) is 19.3 Å². The fourth-order valence-electron chi connectivity index (χ4n) is 2.85. The van der Waals surface area contributed by atoms with E-state index in [2.05, 4.69) is 24.4 Å². The quantitative estimate of drug-likeness (QED) is 0.568. The molecule has 1 atom stereocenters. The number of nitrogens with one attached hydrogen (secondary N) is 1. The minimum atomic E-state index is -0.324. The predicted octanol–water partition coefficient (Wildman–Crippen LogP) is 3.85. The Labute approximate surface area is 159 Å². The molecule has 0 spiro atoms. The van der Waals surface area contributed by atoms with Gasteiger partial charge in [-0.15, -0.1) is 0 Å². The number of amides is 1. The van der Waals surface area contributed by atoms with Crippen LogP contribution in [-0.2, 0) is 4.79 Å². The first kappa shape index (κ1) is 18.8. The average Bonchev–Trinajstić information content (AvgIpc) is 3.15. The van der Waals surface area contributed by atoms with Gasteiger partial charge < -0.3 is 14.2 Å². The van der Waals surface area contributed by atoms with Crippen molar-refractivity contribution in [1.29, 1.82) is 0 Å². The molecule has 0 aromatic heterocycles. The van der Waals surface area contributed by atoms with Crippen molar-refractivity contribution in [3.05, 3.63) is 53.6 Å². The van der Waals surface area contributed by atoms with Crippen LogP contribution in [0.2, 0.25) is 0 Å². The van der Waals surface area contributed by atoms with Gasteiger partial charge in [0.15, 0.2) is 18.1 Å². The van der Waals surface area contributed by atoms with Crippen molar-refractivity contribution in [2.45, 2.75) is 32.6 Å². The SMILES string of the molecule is CCC[C@H](C)c1ccc(OCC(=O)N/N=C\c2ccc3c(c2)OCO3)cc1. The molecule has 142 valence electrons. The molecule has 1 heterocycles. The molecule has 3 rings (SSSR count). The smallest absolute Gasteiger partial charge is 0.277 e. The van der Waals surface area contributed by atoms with Gasteiger partial charge in [0.25, 0.3) is 5.91 Å². The number of carbonyl (C=O) groups excluding carboxylic acids is 1. The Balaban J connectivity index is 1.44. The Morgan fingerprint density at radius 3 is 2.78 bits per heavy atom. The van der Waals surface area contributed by atoms with Gasteiger partial charge in [-0.1, -0.05) is 32.4 Å². The lowest BCUT2D eigenvalue weighted by Crippen LogP contribution is -2.24. The fraction of sp³-hybridized carbons (Fsp3) is 0.333. The topological polar surface area (TPSA) is 69.2 Å². The molecular weight excluding hydrogens is 344 g/mol. The first-order valence-corrected chi connectivity index (χ1v) is 9.10. The highest BCUT2D eigenvalue weighted by molar-refractivity contribution is 5.83. The van der Waals surface area contributed by atoms with Crippen LogP contribution in [-0.4, -0.2) is 25.5 Å². The fourth-order valence-corrected chi connectivity index (χ4v) is 2.85. The number of ether oxygens (including phenoxy) is 3. The molecule has 0 saturated carbocycles. The lowest BCUT2D eigenvalue weighted by molar-refractivity contribution is -0.123. The minimum absolute atomic E-state index is 0.0949. The summed E-state index contributed by atoms with van der Waals surface area (Å²) in [6, 6.07) is 13.3. The van der Waals surface area contributed by atoms with Crippen LogP contribution in [0.3, 0.4) is 0 Å². The maximum Gasteiger partial charge on any atom is 0.277 e. The number of hydrogen-bond donors (Lipinski definition) is 1. The Morgan fingerprint density at radius 1 is 1.22 bits per heavy atom. The monoisotopic (exact) mass is 368 g/mol. The van der Waals surface area contributed by atoms with E-state index in [1.54, 1.807) is 18.3 Å². The van der Waals surface area contributed by atoms with Crippen LogP contribution < -0.4 is 19.6 Å². The number of rotatable bonds is 8. The summed E-state index contributed by atoms with van der Waals surface area (Å²) >= 11 is 0. The third kappa shape index (κ3) is 5.23. The van der Waals surface area contributed by atoms with Crippen LogP contribution in [0, 0.1) is 0 Å². The second-order valence-electron chi connectivity index (χ2n) is 6.45. The second kappa shape index (κ2) is 9.07. The molecule has 2 aromatic carbocycles. The van der Waals surface area contributed by atoms with E-state index in [0.29, 0.717) is 23.2 Å². The molecule has 0 fully saturated rings. The van der Waals surface area contributed by atoms with Crippen molar-refractivity contribution < 1.29 is 19.0 Å². The molecule has 2 aromatic rings. The maximum atomic E-state index is 11.9. The van der Waals surface area contributed by atoms with Crippen LogP contribution in [0.1, 0.15) is 43.7 Å². The van der Waals surface area contributed by atoms with Crippen molar-refractivity contribution in [3.63, 3.8) is 0 Å². The van der Waals surface area contributed by atoms with Gasteiger partial charge >= 0.3 is 0 Å². The van der Waals surface area contributed by atoms with Crippen molar-refractivity contribution >= 4 is 12.1 Å². The van der Waals surface area contributed by atoms with E-state index in [4.69, 9.17) is 14.2 Å². The molecule has 6 heteroatoms. The molecule has 1 aliphatic heterocycles. The number of benzene rings is 2. The Hall–Kier alpha value is -3.02. The van der Waals surface area contributed by atoms with Gasteiger partial charge in [0, 0.05) is 0 Å². The molecule has 0 aliphatic carbocycles. The molecule has 1 N–H and O–H groups in total. The summed E-state index contributed by atoms with van der Waals surface area (Å²) in [6.45, 7) is 4.53. The molecule has 0 saturated heterocycles. The molecule has 0 radical (unpaired) electrons. The third-order valence-electron chi connectivity index (χ3n) is 4.34. The minimum Gasteiger partial charge on any atom is -0.484 e. The lowest BCUT2D eigenvalue weighted by Gasteiger charge is -2.11. The van der Waals surface area contributed by atoms with E-state index in [1.807, 2.05) is 30.3 Å². The van der Waals surface area contributed by atoms with Crippen LogP contribution in [0.4, 0.5) is 0 Å². The third-order valence-corrected chi connectivity index (χ3v) is 4.34. The van der Waals surface area contributed by atoms with E-state index >= 15 is 0 Å². The summed E-state index contributed by atoms with van der Waals surface area (Å²) in [6.07, 6.45) is 3.86. The van der Waals surface area contributed by atoms with E-state index in [1.165, 1.54) is 5.56 Å². The molecule has 1 amide bonds. The zero-order valence-corrected chi connectivity index (χ0v) is 15.6. The molecular formula is C21H24N2O4. The maximum absolute atomic E-state index is 11.9. The van der Waals surface area contributed by atoms with Crippen LogP contribution in [0.25, 0.3) is 0 Å². The number of carbonyl (C=O) groups is 1. The normalized spacial score (nSPS) is 13.6. The van der Waals surface area contributed by atoms with Crippen molar-refractivity contribution in [1.82, 2.24) is 5.43 Å². The van der Waals surface area contributed by atoms with Crippen molar-refractivity contribution in [2.24, 2.45) is 5.10 Å².